The number of barbiturate groups is 1. The van der Waals surface area contributed by atoms with E-state index in [2.05, 4.69) is 10.2 Å². The molecule has 31 heavy (non-hydrogen) atoms. The number of morpholine rings is 1. The fourth-order valence-electron chi connectivity index (χ4n) is 3.58. The number of amides is 4. The van der Waals surface area contributed by atoms with E-state index in [4.69, 9.17) is 9.47 Å². The molecule has 2 aromatic rings. The Balaban J connectivity index is 1.67. The van der Waals surface area contributed by atoms with E-state index < -0.39 is 17.8 Å². The smallest absolute Gasteiger partial charge is 0.335 e. The lowest BCUT2D eigenvalue weighted by atomic mass is 10.0. The molecule has 0 aromatic heterocycles. The van der Waals surface area contributed by atoms with E-state index in [-0.39, 0.29) is 5.57 Å². The van der Waals surface area contributed by atoms with Crippen LogP contribution in [0.4, 0.5) is 16.2 Å². The van der Waals surface area contributed by atoms with Crippen LogP contribution in [-0.4, -0.2) is 51.3 Å². The maximum Gasteiger partial charge on any atom is 0.335 e. The molecule has 0 aliphatic carbocycles. The molecule has 2 aliphatic heterocycles. The van der Waals surface area contributed by atoms with Gasteiger partial charge in [0.05, 0.1) is 26.0 Å². The number of anilines is 2. The van der Waals surface area contributed by atoms with Crippen LogP contribution in [-0.2, 0) is 14.3 Å². The van der Waals surface area contributed by atoms with E-state index in [0.29, 0.717) is 30.2 Å². The molecule has 0 spiro atoms. The molecule has 0 unspecified atom stereocenters. The summed E-state index contributed by atoms with van der Waals surface area (Å²) < 4.78 is 10.9. The fourth-order valence-corrected chi connectivity index (χ4v) is 3.58. The summed E-state index contributed by atoms with van der Waals surface area (Å²) >= 11 is 0. The summed E-state index contributed by atoms with van der Waals surface area (Å²) in [6, 6.07) is 11.7. The number of rotatable bonds is 4. The fraction of sp³-hybridized carbons (Fsp3) is 0.261. The lowest BCUT2D eigenvalue weighted by Gasteiger charge is -2.29. The van der Waals surface area contributed by atoms with Crippen LogP contribution in [0.15, 0.2) is 48.0 Å². The number of carbonyl (C=O) groups is 3. The van der Waals surface area contributed by atoms with Gasteiger partial charge in [0.2, 0.25) is 0 Å². The highest BCUT2D eigenvalue weighted by atomic mass is 16.5. The Morgan fingerprint density at radius 2 is 1.68 bits per heavy atom. The van der Waals surface area contributed by atoms with Crippen LogP contribution < -0.4 is 19.9 Å². The maximum atomic E-state index is 13.1. The Morgan fingerprint density at radius 3 is 2.35 bits per heavy atom. The maximum absolute atomic E-state index is 13.1. The summed E-state index contributed by atoms with van der Waals surface area (Å²) in [6.07, 6.45) is 1.45. The van der Waals surface area contributed by atoms with Crippen molar-refractivity contribution in [2.75, 3.05) is 43.2 Å². The molecule has 2 heterocycles. The summed E-state index contributed by atoms with van der Waals surface area (Å²) in [5.41, 5.74) is 2.78. The van der Waals surface area contributed by atoms with E-state index in [1.165, 1.54) is 13.2 Å². The van der Waals surface area contributed by atoms with Crippen LogP contribution in [0.3, 0.4) is 0 Å². The first-order chi connectivity index (χ1) is 15.0. The number of nitrogens with zero attached hydrogens (tertiary/aromatic N) is 2. The van der Waals surface area contributed by atoms with Crippen molar-refractivity contribution in [2.45, 2.75) is 6.92 Å². The van der Waals surface area contributed by atoms with Crippen molar-refractivity contribution in [1.82, 2.24) is 5.32 Å². The molecule has 4 amide bonds. The number of urea groups is 1. The van der Waals surface area contributed by atoms with Crippen LogP contribution in [0.2, 0.25) is 0 Å². The van der Waals surface area contributed by atoms with E-state index in [1.54, 1.807) is 30.3 Å². The SMILES string of the molecule is COc1cc(N2CCOCC2)ccc1C=C1C(=O)NC(=O)N(c2ccc(C)cc2)C1=O. The second kappa shape index (κ2) is 8.61. The number of ether oxygens (including phenoxy) is 2. The summed E-state index contributed by atoms with van der Waals surface area (Å²) in [5, 5.41) is 2.24. The van der Waals surface area contributed by atoms with Gasteiger partial charge in [0.25, 0.3) is 11.8 Å². The standard InChI is InChI=1S/C23H23N3O5/c1-15-3-6-17(7-4-15)26-22(28)19(21(27)24-23(26)29)13-16-5-8-18(14-20(16)30-2)25-9-11-31-12-10-25/h3-8,13-14H,9-12H2,1-2H3,(H,24,27,29). The van der Waals surface area contributed by atoms with Gasteiger partial charge in [-0.15, -0.1) is 0 Å². The van der Waals surface area contributed by atoms with E-state index in [0.717, 1.165) is 29.2 Å². The van der Waals surface area contributed by atoms with Gasteiger partial charge in [0, 0.05) is 30.4 Å². The number of methoxy groups -OCH3 is 1. The topological polar surface area (TPSA) is 88.2 Å². The third kappa shape index (κ3) is 4.15. The number of hydrogen-bond acceptors (Lipinski definition) is 6. The van der Waals surface area contributed by atoms with Crippen molar-refractivity contribution in [3.63, 3.8) is 0 Å². The van der Waals surface area contributed by atoms with Crippen molar-refractivity contribution in [2.24, 2.45) is 0 Å². The van der Waals surface area contributed by atoms with E-state index in [1.807, 2.05) is 19.1 Å². The zero-order valence-corrected chi connectivity index (χ0v) is 17.4. The molecule has 0 bridgehead atoms. The van der Waals surface area contributed by atoms with Crippen LogP contribution in [0.25, 0.3) is 6.08 Å². The molecule has 8 nitrogen and oxygen atoms in total. The lowest BCUT2D eigenvalue weighted by molar-refractivity contribution is -0.122. The predicted octanol–water partition coefficient (Wildman–Crippen LogP) is 2.51. The van der Waals surface area contributed by atoms with Crippen molar-refractivity contribution in [3.05, 3.63) is 59.2 Å². The Bertz CT molecular complexity index is 1060. The molecule has 2 saturated heterocycles. The van der Waals surface area contributed by atoms with E-state index >= 15 is 0 Å². The monoisotopic (exact) mass is 421 g/mol. The molecule has 160 valence electrons. The molecule has 1 N–H and O–H groups in total. The Hall–Kier alpha value is -3.65. The number of benzene rings is 2. The third-order valence-electron chi connectivity index (χ3n) is 5.29. The number of aryl methyl sites for hydroxylation is 1. The van der Waals surface area contributed by atoms with Crippen LogP contribution in [0, 0.1) is 6.92 Å². The predicted molar refractivity (Wildman–Crippen MR) is 116 cm³/mol. The summed E-state index contributed by atoms with van der Waals surface area (Å²) in [4.78, 5) is 41.0. The summed E-state index contributed by atoms with van der Waals surface area (Å²) in [5.74, 6) is -0.898. The normalized spacial score (nSPS) is 18.4. The summed E-state index contributed by atoms with van der Waals surface area (Å²) in [7, 11) is 1.53. The first-order valence-corrected chi connectivity index (χ1v) is 9.97. The molecular formula is C23H23N3O5. The second-order valence-corrected chi connectivity index (χ2v) is 7.32. The van der Waals surface area contributed by atoms with Gasteiger partial charge in [-0.1, -0.05) is 17.7 Å². The minimum absolute atomic E-state index is 0.141. The summed E-state index contributed by atoms with van der Waals surface area (Å²) in [6.45, 7) is 4.77. The zero-order chi connectivity index (χ0) is 22.0. The highest BCUT2D eigenvalue weighted by molar-refractivity contribution is 6.39. The number of carbonyl (C=O) groups excluding carboxylic acids is 3. The zero-order valence-electron chi connectivity index (χ0n) is 17.4. The lowest BCUT2D eigenvalue weighted by Crippen LogP contribution is -2.54. The van der Waals surface area contributed by atoms with Gasteiger partial charge in [-0.3, -0.25) is 14.9 Å². The minimum atomic E-state index is -0.773. The Labute approximate surface area is 180 Å². The molecule has 8 heteroatoms. The third-order valence-corrected chi connectivity index (χ3v) is 5.29. The Kier molecular flexibility index (Phi) is 5.73. The average Bonchev–Trinajstić information content (AvgIpc) is 2.78. The van der Waals surface area contributed by atoms with Crippen molar-refractivity contribution < 1.29 is 23.9 Å². The minimum Gasteiger partial charge on any atom is -0.496 e. The van der Waals surface area contributed by atoms with Crippen LogP contribution in [0.1, 0.15) is 11.1 Å². The number of hydrogen-bond donors (Lipinski definition) is 1. The largest absolute Gasteiger partial charge is 0.496 e. The molecule has 0 saturated carbocycles. The molecule has 0 radical (unpaired) electrons. The highest BCUT2D eigenvalue weighted by Crippen LogP contribution is 2.29. The molecular weight excluding hydrogens is 398 g/mol. The van der Waals surface area contributed by atoms with Crippen LogP contribution >= 0.6 is 0 Å². The quantitative estimate of drug-likeness (QED) is 0.603. The average molecular weight is 421 g/mol. The molecule has 2 aliphatic rings. The number of nitrogens with one attached hydrogen (secondary N) is 1. The first kappa shape index (κ1) is 20.6. The van der Waals surface area contributed by atoms with E-state index in [9.17, 15) is 14.4 Å². The number of imide groups is 2. The molecule has 4 rings (SSSR count). The van der Waals surface area contributed by atoms with Crippen molar-refractivity contribution in [3.8, 4) is 5.75 Å². The van der Waals surface area contributed by atoms with Gasteiger partial charge < -0.3 is 14.4 Å². The van der Waals surface area contributed by atoms with Gasteiger partial charge in [0.1, 0.15) is 11.3 Å². The van der Waals surface area contributed by atoms with Gasteiger partial charge in [0.15, 0.2) is 0 Å². The van der Waals surface area contributed by atoms with Gasteiger partial charge in [-0.2, -0.15) is 0 Å². The Morgan fingerprint density at radius 1 is 1.00 bits per heavy atom. The van der Waals surface area contributed by atoms with Crippen molar-refractivity contribution >= 4 is 35.3 Å². The van der Waals surface area contributed by atoms with Gasteiger partial charge in [-0.25, -0.2) is 9.69 Å². The molecule has 0 atom stereocenters. The molecule has 2 fully saturated rings. The highest BCUT2D eigenvalue weighted by Gasteiger charge is 2.37. The second-order valence-electron chi connectivity index (χ2n) is 7.32. The van der Waals surface area contributed by atoms with Gasteiger partial charge >= 0.3 is 6.03 Å². The van der Waals surface area contributed by atoms with Crippen molar-refractivity contribution in [1.29, 1.82) is 0 Å². The first-order valence-electron chi connectivity index (χ1n) is 9.97. The van der Waals surface area contributed by atoms with Crippen LogP contribution in [0.5, 0.6) is 5.75 Å². The molecule has 2 aromatic carbocycles. The van der Waals surface area contributed by atoms with Gasteiger partial charge in [-0.05, 0) is 37.3 Å².